The third kappa shape index (κ3) is 3.17. The van der Waals surface area contributed by atoms with Gasteiger partial charge in [-0.15, -0.1) is 0 Å². The number of carboxylic acid groups (broad SMARTS) is 1. The molecular formula is C12H17N3O2. The van der Waals surface area contributed by atoms with E-state index in [1.54, 1.807) is 6.20 Å². The Hall–Kier alpha value is -1.62. The van der Waals surface area contributed by atoms with Crippen molar-refractivity contribution in [3.63, 3.8) is 0 Å². The summed E-state index contributed by atoms with van der Waals surface area (Å²) in [4.78, 5) is 16.9. The maximum absolute atomic E-state index is 10.5. The fraction of sp³-hybridized carbons (Fsp3) is 0.500. The largest absolute Gasteiger partial charge is 0.465 e. The van der Waals surface area contributed by atoms with E-state index in [4.69, 9.17) is 5.11 Å². The molecule has 17 heavy (non-hydrogen) atoms. The highest BCUT2D eigenvalue weighted by Crippen LogP contribution is 2.17. The molecule has 1 aliphatic heterocycles. The number of fused-ring (bicyclic) bond motifs is 1. The number of hydrogen-bond donors (Lipinski definition) is 2. The second kappa shape index (κ2) is 5.14. The first kappa shape index (κ1) is 11.9. The Labute approximate surface area is 100 Å². The van der Waals surface area contributed by atoms with Gasteiger partial charge in [-0.2, -0.15) is 0 Å². The SMILES string of the molecule is CC(CN1CCc2cnccc2C1)NC(=O)O. The van der Waals surface area contributed by atoms with Crippen LogP contribution < -0.4 is 5.32 Å². The van der Waals surface area contributed by atoms with Crippen LogP contribution in [0.4, 0.5) is 4.79 Å². The van der Waals surface area contributed by atoms with Gasteiger partial charge in [-0.1, -0.05) is 0 Å². The van der Waals surface area contributed by atoms with Gasteiger partial charge in [0.05, 0.1) is 0 Å². The van der Waals surface area contributed by atoms with Crippen LogP contribution in [0, 0.1) is 0 Å². The molecule has 0 radical (unpaired) electrons. The molecule has 5 heteroatoms. The number of nitrogens with zero attached hydrogens (tertiary/aromatic N) is 2. The monoisotopic (exact) mass is 235 g/mol. The fourth-order valence-corrected chi connectivity index (χ4v) is 2.23. The summed E-state index contributed by atoms with van der Waals surface area (Å²) in [5, 5.41) is 11.1. The van der Waals surface area contributed by atoms with E-state index in [0.717, 1.165) is 26.1 Å². The van der Waals surface area contributed by atoms with Gasteiger partial charge in [0, 0.05) is 38.1 Å². The van der Waals surface area contributed by atoms with E-state index in [1.165, 1.54) is 11.1 Å². The molecule has 5 nitrogen and oxygen atoms in total. The molecule has 0 fully saturated rings. The normalized spacial score (nSPS) is 17.2. The first-order chi connectivity index (χ1) is 8.15. The maximum atomic E-state index is 10.5. The van der Waals surface area contributed by atoms with E-state index in [9.17, 15) is 4.79 Å². The number of carbonyl (C=O) groups is 1. The number of aromatic nitrogens is 1. The van der Waals surface area contributed by atoms with Crippen LogP contribution in [-0.4, -0.2) is 40.2 Å². The van der Waals surface area contributed by atoms with Crippen LogP contribution >= 0.6 is 0 Å². The van der Waals surface area contributed by atoms with E-state index in [2.05, 4.69) is 15.2 Å². The lowest BCUT2D eigenvalue weighted by atomic mass is 10.0. The maximum Gasteiger partial charge on any atom is 0.404 e. The van der Waals surface area contributed by atoms with Crippen molar-refractivity contribution in [3.05, 3.63) is 29.6 Å². The van der Waals surface area contributed by atoms with Crippen molar-refractivity contribution in [2.24, 2.45) is 0 Å². The molecule has 0 bridgehead atoms. The molecule has 0 spiro atoms. The predicted octanol–water partition coefficient (Wildman–Crippen LogP) is 1.10. The first-order valence-corrected chi connectivity index (χ1v) is 5.78. The van der Waals surface area contributed by atoms with Gasteiger partial charge >= 0.3 is 6.09 Å². The Kier molecular flexibility index (Phi) is 3.58. The van der Waals surface area contributed by atoms with Gasteiger partial charge in [-0.25, -0.2) is 4.79 Å². The first-order valence-electron chi connectivity index (χ1n) is 5.78. The Morgan fingerprint density at radius 3 is 3.24 bits per heavy atom. The van der Waals surface area contributed by atoms with Crippen LogP contribution in [-0.2, 0) is 13.0 Å². The van der Waals surface area contributed by atoms with Crippen molar-refractivity contribution in [3.8, 4) is 0 Å². The highest BCUT2D eigenvalue weighted by molar-refractivity contribution is 5.64. The zero-order valence-corrected chi connectivity index (χ0v) is 9.89. The molecule has 2 rings (SSSR count). The van der Waals surface area contributed by atoms with Crippen molar-refractivity contribution >= 4 is 6.09 Å². The second-order valence-electron chi connectivity index (χ2n) is 4.48. The molecule has 0 aromatic carbocycles. The predicted molar refractivity (Wildman–Crippen MR) is 63.8 cm³/mol. The Morgan fingerprint density at radius 2 is 2.47 bits per heavy atom. The molecule has 2 heterocycles. The Morgan fingerprint density at radius 1 is 1.65 bits per heavy atom. The van der Waals surface area contributed by atoms with Gasteiger partial charge in [0.1, 0.15) is 0 Å². The summed E-state index contributed by atoms with van der Waals surface area (Å²) in [5.41, 5.74) is 2.61. The summed E-state index contributed by atoms with van der Waals surface area (Å²) in [6, 6.07) is 1.99. The number of pyridine rings is 1. The van der Waals surface area contributed by atoms with E-state index < -0.39 is 6.09 Å². The highest BCUT2D eigenvalue weighted by Gasteiger charge is 2.18. The standard InChI is InChI=1S/C12H17N3O2/c1-9(14-12(16)17)7-15-5-3-10-6-13-4-2-11(10)8-15/h2,4,6,9,14H,3,5,7-8H2,1H3,(H,16,17). The van der Waals surface area contributed by atoms with Crippen LogP contribution in [0.2, 0.25) is 0 Å². The lowest BCUT2D eigenvalue weighted by molar-refractivity contribution is 0.180. The van der Waals surface area contributed by atoms with Crippen molar-refractivity contribution in [1.29, 1.82) is 0 Å². The van der Waals surface area contributed by atoms with E-state index in [-0.39, 0.29) is 6.04 Å². The van der Waals surface area contributed by atoms with Crippen LogP contribution in [0.15, 0.2) is 18.5 Å². The van der Waals surface area contributed by atoms with Crippen molar-refractivity contribution < 1.29 is 9.90 Å². The van der Waals surface area contributed by atoms with Gasteiger partial charge < -0.3 is 10.4 Å². The van der Waals surface area contributed by atoms with Gasteiger partial charge in [0.25, 0.3) is 0 Å². The molecule has 1 aromatic rings. The van der Waals surface area contributed by atoms with Crippen molar-refractivity contribution in [2.75, 3.05) is 13.1 Å². The fourth-order valence-electron chi connectivity index (χ4n) is 2.23. The Bertz CT molecular complexity index is 408. The Balaban J connectivity index is 1.92. The molecule has 0 aliphatic carbocycles. The third-order valence-electron chi connectivity index (χ3n) is 3.00. The molecule has 1 aromatic heterocycles. The lowest BCUT2D eigenvalue weighted by Crippen LogP contribution is -2.43. The quantitative estimate of drug-likeness (QED) is 0.823. The molecule has 1 atom stereocenters. The average Bonchev–Trinajstić information content (AvgIpc) is 2.27. The minimum absolute atomic E-state index is 0.0455. The molecule has 0 saturated carbocycles. The number of nitrogens with one attached hydrogen (secondary N) is 1. The smallest absolute Gasteiger partial charge is 0.404 e. The average molecular weight is 235 g/mol. The van der Waals surface area contributed by atoms with Crippen LogP contribution in [0.1, 0.15) is 18.1 Å². The zero-order valence-electron chi connectivity index (χ0n) is 9.89. The minimum Gasteiger partial charge on any atom is -0.465 e. The summed E-state index contributed by atoms with van der Waals surface area (Å²) in [6.07, 6.45) is 3.76. The topological polar surface area (TPSA) is 65.5 Å². The summed E-state index contributed by atoms with van der Waals surface area (Å²) in [5.74, 6) is 0. The minimum atomic E-state index is -0.959. The van der Waals surface area contributed by atoms with Crippen LogP contribution in [0.3, 0.4) is 0 Å². The van der Waals surface area contributed by atoms with E-state index >= 15 is 0 Å². The summed E-state index contributed by atoms with van der Waals surface area (Å²) >= 11 is 0. The van der Waals surface area contributed by atoms with Gasteiger partial charge in [0.2, 0.25) is 0 Å². The van der Waals surface area contributed by atoms with E-state index in [1.807, 2.05) is 19.2 Å². The van der Waals surface area contributed by atoms with Crippen molar-refractivity contribution in [2.45, 2.75) is 25.9 Å². The van der Waals surface area contributed by atoms with Gasteiger partial charge in [0.15, 0.2) is 0 Å². The molecule has 1 aliphatic rings. The molecular weight excluding hydrogens is 218 g/mol. The molecule has 2 N–H and O–H groups in total. The lowest BCUT2D eigenvalue weighted by Gasteiger charge is -2.30. The van der Waals surface area contributed by atoms with Gasteiger partial charge in [-0.3, -0.25) is 9.88 Å². The molecule has 0 saturated heterocycles. The third-order valence-corrected chi connectivity index (χ3v) is 3.00. The highest BCUT2D eigenvalue weighted by atomic mass is 16.4. The number of amides is 1. The van der Waals surface area contributed by atoms with Crippen molar-refractivity contribution in [1.82, 2.24) is 15.2 Å². The number of rotatable bonds is 3. The summed E-state index contributed by atoms with van der Waals surface area (Å²) in [7, 11) is 0. The number of hydrogen-bond acceptors (Lipinski definition) is 3. The van der Waals surface area contributed by atoms with E-state index in [0.29, 0.717) is 0 Å². The molecule has 92 valence electrons. The summed E-state index contributed by atoms with van der Waals surface area (Å²) < 4.78 is 0. The molecule has 1 amide bonds. The van der Waals surface area contributed by atoms with Crippen LogP contribution in [0.25, 0.3) is 0 Å². The van der Waals surface area contributed by atoms with Gasteiger partial charge in [-0.05, 0) is 30.5 Å². The summed E-state index contributed by atoms with van der Waals surface area (Å²) in [6.45, 7) is 4.47. The van der Waals surface area contributed by atoms with Crippen LogP contribution in [0.5, 0.6) is 0 Å². The zero-order chi connectivity index (χ0) is 12.3. The second-order valence-corrected chi connectivity index (χ2v) is 4.48. The molecule has 1 unspecified atom stereocenters.